The summed E-state index contributed by atoms with van der Waals surface area (Å²) in [6.45, 7) is 2.09. The van der Waals surface area contributed by atoms with E-state index in [1.165, 1.54) is 12.1 Å². The van der Waals surface area contributed by atoms with E-state index in [1.54, 1.807) is 12.1 Å². The Balaban J connectivity index is 2.56. The van der Waals surface area contributed by atoms with Gasteiger partial charge in [0.1, 0.15) is 0 Å². The van der Waals surface area contributed by atoms with Gasteiger partial charge in [0, 0.05) is 18.4 Å². The molecular weight excluding hydrogens is 250 g/mol. The number of sulfone groups is 1. The average molecular weight is 269 g/mol. The van der Waals surface area contributed by atoms with Crippen LogP contribution in [0.4, 0.5) is 5.69 Å². The molecule has 0 aliphatic heterocycles. The van der Waals surface area contributed by atoms with Crippen molar-refractivity contribution < 1.29 is 13.2 Å². The Morgan fingerprint density at radius 3 is 2.28 bits per heavy atom. The summed E-state index contributed by atoms with van der Waals surface area (Å²) in [4.78, 5) is 11.8. The van der Waals surface area contributed by atoms with E-state index in [9.17, 15) is 13.2 Å². The van der Waals surface area contributed by atoms with Gasteiger partial charge in [-0.2, -0.15) is 0 Å². The molecule has 0 fully saturated rings. The number of unbranched alkanes of at least 4 members (excludes halogenated alkanes) is 2. The van der Waals surface area contributed by atoms with Crippen molar-refractivity contribution in [1.82, 2.24) is 0 Å². The molecule has 1 amide bonds. The molecule has 0 aromatic heterocycles. The maximum atomic E-state index is 11.5. The van der Waals surface area contributed by atoms with Crippen LogP contribution in [0.15, 0.2) is 29.2 Å². The fourth-order valence-electron chi connectivity index (χ4n) is 1.54. The lowest BCUT2D eigenvalue weighted by Gasteiger charge is -2.05. The Hall–Kier alpha value is -1.36. The zero-order chi connectivity index (χ0) is 13.6. The third-order valence-electron chi connectivity index (χ3n) is 2.57. The maximum Gasteiger partial charge on any atom is 0.224 e. The summed E-state index contributed by atoms with van der Waals surface area (Å²) in [5, 5.41) is 2.75. The quantitative estimate of drug-likeness (QED) is 0.807. The zero-order valence-electron chi connectivity index (χ0n) is 10.8. The van der Waals surface area contributed by atoms with Gasteiger partial charge in [-0.3, -0.25) is 4.79 Å². The smallest absolute Gasteiger partial charge is 0.224 e. The van der Waals surface area contributed by atoms with E-state index in [4.69, 9.17) is 0 Å². The largest absolute Gasteiger partial charge is 0.326 e. The summed E-state index contributed by atoms with van der Waals surface area (Å²) in [6.07, 6.45) is 4.66. The van der Waals surface area contributed by atoms with Gasteiger partial charge in [0.2, 0.25) is 5.91 Å². The first-order chi connectivity index (χ1) is 8.43. The number of rotatable bonds is 6. The van der Waals surface area contributed by atoms with Crippen molar-refractivity contribution in [2.75, 3.05) is 11.6 Å². The number of hydrogen-bond donors (Lipinski definition) is 1. The van der Waals surface area contributed by atoms with Crippen LogP contribution in [0.25, 0.3) is 0 Å². The molecule has 18 heavy (non-hydrogen) atoms. The van der Waals surface area contributed by atoms with Crippen LogP contribution in [0, 0.1) is 0 Å². The summed E-state index contributed by atoms with van der Waals surface area (Å²) in [5.41, 5.74) is 0.629. The number of carbonyl (C=O) groups excluding carboxylic acids is 1. The third-order valence-corrected chi connectivity index (χ3v) is 3.70. The third kappa shape index (κ3) is 4.87. The molecule has 0 saturated heterocycles. The van der Waals surface area contributed by atoms with Crippen LogP contribution in [-0.4, -0.2) is 20.6 Å². The molecule has 0 atom stereocenters. The second kappa shape index (κ2) is 6.54. The van der Waals surface area contributed by atoms with Crippen LogP contribution < -0.4 is 5.32 Å². The topological polar surface area (TPSA) is 63.2 Å². The first kappa shape index (κ1) is 14.7. The van der Waals surface area contributed by atoms with E-state index in [-0.39, 0.29) is 10.8 Å². The Bertz CT molecular complexity index is 491. The Labute approximate surface area is 108 Å². The molecule has 4 nitrogen and oxygen atoms in total. The van der Waals surface area contributed by atoms with E-state index in [2.05, 4.69) is 12.2 Å². The Morgan fingerprint density at radius 1 is 1.17 bits per heavy atom. The van der Waals surface area contributed by atoms with Gasteiger partial charge in [0.05, 0.1) is 4.90 Å². The standard InChI is InChI=1S/C13H19NO3S/c1-3-4-5-6-13(15)14-11-7-9-12(10-8-11)18(2,16)17/h7-10H,3-6H2,1-2H3,(H,14,15). The predicted octanol–water partition coefficient (Wildman–Crippen LogP) is 2.61. The predicted molar refractivity (Wildman–Crippen MR) is 72.3 cm³/mol. The highest BCUT2D eigenvalue weighted by Gasteiger charge is 2.07. The monoisotopic (exact) mass is 269 g/mol. The number of benzene rings is 1. The lowest BCUT2D eigenvalue weighted by Crippen LogP contribution is -2.11. The lowest BCUT2D eigenvalue weighted by atomic mass is 10.2. The first-order valence-electron chi connectivity index (χ1n) is 6.03. The molecule has 0 aliphatic rings. The Kier molecular flexibility index (Phi) is 5.34. The van der Waals surface area contributed by atoms with Crippen molar-refractivity contribution in [1.29, 1.82) is 0 Å². The Morgan fingerprint density at radius 2 is 1.78 bits per heavy atom. The summed E-state index contributed by atoms with van der Waals surface area (Å²) in [5.74, 6) is -0.0319. The van der Waals surface area contributed by atoms with Crippen LogP contribution in [-0.2, 0) is 14.6 Å². The van der Waals surface area contributed by atoms with E-state index < -0.39 is 9.84 Å². The number of anilines is 1. The number of hydrogen-bond acceptors (Lipinski definition) is 3. The van der Waals surface area contributed by atoms with Gasteiger partial charge in [0.25, 0.3) is 0 Å². The molecule has 0 spiro atoms. The molecule has 1 N–H and O–H groups in total. The van der Waals surface area contributed by atoms with Crippen LogP contribution in [0.3, 0.4) is 0 Å². The SMILES string of the molecule is CCCCCC(=O)Nc1ccc(S(C)(=O)=O)cc1. The van der Waals surface area contributed by atoms with Crippen molar-refractivity contribution >= 4 is 21.4 Å². The van der Waals surface area contributed by atoms with Gasteiger partial charge >= 0.3 is 0 Å². The van der Waals surface area contributed by atoms with Gasteiger partial charge in [-0.05, 0) is 30.7 Å². The minimum absolute atomic E-state index is 0.0319. The molecule has 0 saturated carbocycles. The summed E-state index contributed by atoms with van der Waals surface area (Å²) in [6, 6.07) is 6.20. The highest BCUT2D eigenvalue weighted by atomic mass is 32.2. The second-order valence-electron chi connectivity index (χ2n) is 4.30. The molecule has 1 aromatic carbocycles. The van der Waals surface area contributed by atoms with Gasteiger partial charge in [-0.1, -0.05) is 19.8 Å². The van der Waals surface area contributed by atoms with E-state index >= 15 is 0 Å². The average Bonchev–Trinajstić information content (AvgIpc) is 2.29. The molecular formula is C13H19NO3S. The molecule has 0 bridgehead atoms. The fourth-order valence-corrected chi connectivity index (χ4v) is 2.17. The molecule has 1 rings (SSSR count). The van der Waals surface area contributed by atoms with E-state index in [0.717, 1.165) is 25.5 Å². The van der Waals surface area contributed by atoms with Crippen LogP contribution in [0.1, 0.15) is 32.6 Å². The highest BCUT2D eigenvalue weighted by Crippen LogP contribution is 2.14. The normalized spacial score (nSPS) is 11.2. The summed E-state index contributed by atoms with van der Waals surface area (Å²) < 4.78 is 22.5. The molecule has 5 heteroatoms. The summed E-state index contributed by atoms with van der Waals surface area (Å²) >= 11 is 0. The van der Waals surface area contributed by atoms with Crippen molar-refractivity contribution in [3.8, 4) is 0 Å². The molecule has 0 unspecified atom stereocenters. The molecule has 0 radical (unpaired) electrons. The number of amides is 1. The van der Waals surface area contributed by atoms with E-state index in [1.807, 2.05) is 0 Å². The van der Waals surface area contributed by atoms with Gasteiger partial charge < -0.3 is 5.32 Å². The van der Waals surface area contributed by atoms with Crippen molar-refractivity contribution in [3.05, 3.63) is 24.3 Å². The lowest BCUT2D eigenvalue weighted by molar-refractivity contribution is -0.116. The molecule has 0 heterocycles. The summed E-state index contributed by atoms with van der Waals surface area (Å²) in [7, 11) is -3.18. The van der Waals surface area contributed by atoms with E-state index in [0.29, 0.717) is 12.1 Å². The van der Waals surface area contributed by atoms with Crippen LogP contribution in [0.2, 0.25) is 0 Å². The van der Waals surface area contributed by atoms with Crippen molar-refractivity contribution in [2.45, 2.75) is 37.5 Å². The maximum absolute atomic E-state index is 11.5. The van der Waals surface area contributed by atoms with Crippen LogP contribution in [0.5, 0.6) is 0 Å². The van der Waals surface area contributed by atoms with Crippen molar-refractivity contribution in [2.24, 2.45) is 0 Å². The van der Waals surface area contributed by atoms with Gasteiger partial charge in [-0.25, -0.2) is 8.42 Å². The first-order valence-corrected chi connectivity index (χ1v) is 7.92. The van der Waals surface area contributed by atoms with Gasteiger partial charge in [-0.15, -0.1) is 0 Å². The molecule has 100 valence electrons. The number of nitrogens with one attached hydrogen (secondary N) is 1. The minimum atomic E-state index is -3.18. The van der Waals surface area contributed by atoms with Gasteiger partial charge in [0.15, 0.2) is 9.84 Å². The highest BCUT2D eigenvalue weighted by molar-refractivity contribution is 7.90. The molecule has 1 aromatic rings. The zero-order valence-corrected chi connectivity index (χ0v) is 11.6. The minimum Gasteiger partial charge on any atom is -0.326 e. The molecule has 0 aliphatic carbocycles. The second-order valence-corrected chi connectivity index (χ2v) is 6.32. The van der Waals surface area contributed by atoms with Crippen molar-refractivity contribution in [3.63, 3.8) is 0 Å². The van der Waals surface area contributed by atoms with Crippen LogP contribution >= 0.6 is 0 Å². The fraction of sp³-hybridized carbons (Fsp3) is 0.462. The number of carbonyl (C=O) groups is 1.